The molecular formula is C18H15N3O3. The monoisotopic (exact) mass is 321 g/mol. The summed E-state index contributed by atoms with van der Waals surface area (Å²) in [5.41, 5.74) is 2.18. The summed E-state index contributed by atoms with van der Waals surface area (Å²) < 4.78 is 0. The van der Waals surface area contributed by atoms with E-state index in [0.717, 1.165) is 5.56 Å². The first-order valence-electron chi connectivity index (χ1n) is 7.15. The highest BCUT2D eigenvalue weighted by Crippen LogP contribution is 2.25. The van der Waals surface area contributed by atoms with E-state index < -0.39 is 10.8 Å². The normalized spacial score (nSPS) is 10.8. The number of nitrogens with one attached hydrogen (secondary N) is 1. The van der Waals surface area contributed by atoms with Crippen LogP contribution in [0, 0.1) is 35.3 Å². The van der Waals surface area contributed by atoms with Gasteiger partial charge in [-0.3, -0.25) is 14.9 Å². The lowest BCUT2D eigenvalue weighted by Gasteiger charge is -2.06. The van der Waals surface area contributed by atoms with Crippen LogP contribution in [0.15, 0.2) is 48.0 Å². The number of anilines is 1. The summed E-state index contributed by atoms with van der Waals surface area (Å²) in [6, 6.07) is 13.6. The molecule has 0 aliphatic carbocycles. The molecule has 0 bridgehead atoms. The highest BCUT2D eigenvalue weighted by atomic mass is 16.6. The number of benzene rings is 2. The zero-order valence-corrected chi connectivity index (χ0v) is 13.2. The number of nitriles is 1. The number of carbonyl (C=O) groups excluding carboxylic acids is 1. The third kappa shape index (κ3) is 4.05. The van der Waals surface area contributed by atoms with Crippen LogP contribution >= 0.6 is 0 Å². The minimum atomic E-state index is -0.690. The molecule has 0 aliphatic rings. The van der Waals surface area contributed by atoms with Crippen LogP contribution in [0.4, 0.5) is 11.4 Å². The predicted molar refractivity (Wildman–Crippen MR) is 91.2 cm³/mol. The number of hydrogen-bond donors (Lipinski definition) is 1. The molecule has 0 saturated heterocycles. The van der Waals surface area contributed by atoms with Crippen molar-refractivity contribution in [3.8, 4) is 6.07 Å². The van der Waals surface area contributed by atoms with Crippen LogP contribution in [0.1, 0.15) is 16.7 Å². The number of aryl methyl sites for hydroxylation is 2. The van der Waals surface area contributed by atoms with Gasteiger partial charge in [0.25, 0.3) is 11.6 Å². The Morgan fingerprint density at radius 3 is 2.38 bits per heavy atom. The lowest BCUT2D eigenvalue weighted by molar-refractivity contribution is -0.384. The van der Waals surface area contributed by atoms with Crippen molar-refractivity contribution in [3.05, 3.63) is 74.8 Å². The maximum absolute atomic E-state index is 12.3. The summed E-state index contributed by atoms with van der Waals surface area (Å²) in [6.45, 7) is 3.65. The second kappa shape index (κ2) is 7.20. The van der Waals surface area contributed by atoms with Crippen molar-refractivity contribution >= 4 is 23.4 Å². The Hall–Kier alpha value is -3.46. The van der Waals surface area contributed by atoms with Gasteiger partial charge in [-0.2, -0.15) is 5.26 Å². The molecular weight excluding hydrogens is 306 g/mol. The Labute approximate surface area is 139 Å². The Morgan fingerprint density at radius 1 is 1.17 bits per heavy atom. The van der Waals surface area contributed by atoms with Crippen LogP contribution in [-0.4, -0.2) is 10.8 Å². The molecule has 1 amide bonds. The summed E-state index contributed by atoms with van der Waals surface area (Å²) in [5, 5.41) is 22.7. The first kappa shape index (κ1) is 16.9. The van der Waals surface area contributed by atoms with Crippen LogP contribution in [0.3, 0.4) is 0 Å². The van der Waals surface area contributed by atoms with Gasteiger partial charge >= 0.3 is 0 Å². The first-order chi connectivity index (χ1) is 11.4. The molecule has 6 nitrogen and oxygen atoms in total. The predicted octanol–water partition coefficient (Wildman–Crippen LogP) is 3.76. The fourth-order valence-corrected chi connectivity index (χ4v) is 2.07. The van der Waals surface area contributed by atoms with Gasteiger partial charge in [0.1, 0.15) is 17.3 Å². The van der Waals surface area contributed by atoms with Gasteiger partial charge in [0.15, 0.2) is 0 Å². The van der Waals surface area contributed by atoms with Gasteiger partial charge < -0.3 is 5.32 Å². The Kier molecular flexibility index (Phi) is 5.07. The number of nitro benzene ring substituents is 1. The maximum atomic E-state index is 12.3. The Balaban J connectivity index is 2.29. The first-order valence-corrected chi connectivity index (χ1v) is 7.15. The Morgan fingerprint density at radius 2 is 1.79 bits per heavy atom. The average Bonchev–Trinajstić information content (AvgIpc) is 2.55. The average molecular weight is 321 g/mol. The van der Waals surface area contributed by atoms with E-state index in [1.54, 1.807) is 25.1 Å². The largest absolute Gasteiger partial charge is 0.316 e. The summed E-state index contributed by atoms with van der Waals surface area (Å²) in [4.78, 5) is 22.8. The van der Waals surface area contributed by atoms with Crippen LogP contribution in [0.2, 0.25) is 0 Å². The van der Waals surface area contributed by atoms with Gasteiger partial charge in [-0.1, -0.05) is 35.9 Å². The van der Waals surface area contributed by atoms with Crippen LogP contribution < -0.4 is 5.32 Å². The van der Waals surface area contributed by atoms with Crippen molar-refractivity contribution in [1.82, 2.24) is 0 Å². The lowest BCUT2D eigenvalue weighted by Crippen LogP contribution is -2.14. The number of nitrogens with zero attached hydrogens (tertiary/aromatic N) is 2. The van der Waals surface area contributed by atoms with E-state index >= 15 is 0 Å². The topological polar surface area (TPSA) is 96.0 Å². The van der Waals surface area contributed by atoms with E-state index in [4.69, 9.17) is 0 Å². The molecule has 2 aromatic carbocycles. The fourth-order valence-electron chi connectivity index (χ4n) is 2.07. The van der Waals surface area contributed by atoms with Crippen molar-refractivity contribution in [2.45, 2.75) is 13.8 Å². The zero-order chi connectivity index (χ0) is 17.7. The number of hydrogen-bond acceptors (Lipinski definition) is 4. The minimum absolute atomic E-state index is 0.0562. The molecule has 120 valence electrons. The van der Waals surface area contributed by atoms with Crippen molar-refractivity contribution in [2.24, 2.45) is 0 Å². The maximum Gasteiger partial charge on any atom is 0.293 e. The second-order valence-electron chi connectivity index (χ2n) is 5.31. The van der Waals surface area contributed by atoms with Gasteiger partial charge in [-0.25, -0.2) is 0 Å². The second-order valence-corrected chi connectivity index (χ2v) is 5.31. The third-order valence-corrected chi connectivity index (χ3v) is 3.35. The fraction of sp³-hybridized carbons (Fsp3) is 0.111. The number of carbonyl (C=O) groups is 1. The van der Waals surface area contributed by atoms with Crippen LogP contribution in [0.25, 0.3) is 6.08 Å². The van der Waals surface area contributed by atoms with Gasteiger partial charge in [-0.15, -0.1) is 0 Å². The SMILES string of the molecule is Cc1ccc(/C=C(\C#N)C(=O)Nc2ccc(C)cc2[N+](=O)[O-])cc1. The van der Waals surface area contributed by atoms with Gasteiger partial charge in [-0.05, 0) is 37.1 Å². The summed E-state index contributed by atoms with van der Waals surface area (Å²) in [6.07, 6.45) is 1.44. The molecule has 0 unspecified atom stereocenters. The quantitative estimate of drug-likeness (QED) is 0.401. The van der Waals surface area contributed by atoms with E-state index in [9.17, 15) is 20.2 Å². The summed E-state index contributed by atoms with van der Waals surface area (Å²) in [5.74, 6) is -0.690. The molecule has 0 atom stereocenters. The van der Waals surface area contributed by atoms with Gasteiger partial charge in [0.05, 0.1) is 4.92 Å². The molecule has 2 rings (SSSR count). The standard InChI is InChI=1S/C18H15N3O3/c1-12-3-6-14(7-4-12)10-15(11-19)18(22)20-16-8-5-13(2)9-17(16)21(23)24/h3-10H,1-2H3,(H,20,22)/b15-10+. The molecule has 0 fully saturated rings. The molecule has 0 saturated carbocycles. The van der Waals surface area contributed by atoms with E-state index in [-0.39, 0.29) is 16.9 Å². The minimum Gasteiger partial charge on any atom is -0.316 e. The van der Waals surface area contributed by atoms with Gasteiger partial charge in [0.2, 0.25) is 0 Å². The summed E-state index contributed by atoms with van der Waals surface area (Å²) >= 11 is 0. The highest BCUT2D eigenvalue weighted by molar-refractivity contribution is 6.10. The smallest absolute Gasteiger partial charge is 0.293 e. The molecule has 24 heavy (non-hydrogen) atoms. The summed E-state index contributed by atoms with van der Waals surface area (Å²) in [7, 11) is 0. The zero-order valence-electron chi connectivity index (χ0n) is 13.2. The molecule has 0 heterocycles. The number of nitro groups is 1. The van der Waals surface area contributed by atoms with E-state index in [2.05, 4.69) is 5.32 Å². The van der Waals surface area contributed by atoms with Gasteiger partial charge in [0, 0.05) is 6.07 Å². The number of rotatable bonds is 4. The van der Waals surface area contributed by atoms with Crippen molar-refractivity contribution in [3.63, 3.8) is 0 Å². The molecule has 2 aromatic rings. The van der Waals surface area contributed by atoms with Crippen molar-refractivity contribution in [1.29, 1.82) is 5.26 Å². The van der Waals surface area contributed by atoms with E-state index in [0.29, 0.717) is 11.1 Å². The van der Waals surface area contributed by atoms with Crippen LogP contribution in [0.5, 0.6) is 0 Å². The Bertz CT molecular complexity index is 862. The third-order valence-electron chi connectivity index (χ3n) is 3.35. The number of amides is 1. The molecule has 6 heteroatoms. The highest BCUT2D eigenvalue weighted by Gasteiger charge is 2.18. The molecule has 0 spiro atoms. The molecule has 0 aliphatic heterocycles. The molecule has 0 radical (unpaired) electrons. The van der Waals surface area contributed by atoms with E-state index in [1.165, 1.54) is 18.2 Å². The molecule has 1 N–H and O–H groups in total. The lowest BCUT2D eigenvalue weighted by atomic mass is 10.1. The van der Waals surface area contributed by atoms with Crippen molar-refractivity contribution in [2.75, 3.05) is 5.32 Å². The van der Waals surface area contributed by atoms with Crippen molar-refractivity contribution < 1.29 is 9.72 Å². The van der Waals surface area contributed by atoms with Crippen LogP contribution in [-0.2, 0) is 4.79 Å². The molecule has 0 aromatic heterocycles. The van der Waals surface area contributed by atoms with E-state index in [1.807, 2.05) is 25.1 Å².